The third-order valence-corrected chi connectivity index (χ3v) is 2.75. The van der Waals surface area contributed by atoms with Crippen molar-refractivity contribution in [1.29, 1.82) is 5.26 Å². The van der Waals surface area contributed by atoms with E-state index < -0.39 is 0 Å². The molecule has 106 valence electrons. The molecule has 2 rings (SSSR count). The second-order valence-electron chi connectivity index (χ2n) is 4.35. The molecule has 2 aromatic rings. The summed E-state index contributed by atoms with van der Waals surface area (Å²) in [5.74, 6) is 0.358. The molecule has 0 saturated carbocycles. The van der Waals surface area contributed by atoms with E-state index in [4.69, 9.17) is 5.26 Å². The maximum atomic E-state index is 11.8. The maximum Gasteiger partial charge on any atom is 0.261 e. The maximum absolute atomic E-state index is 11.8. The molecule has 6 heteroatoms. The van der Waals surface area contributed by atoms with E-state index in [1.165, 1.54) is 6.08 Å². The number of pyridine rings is 1. The average molecular weight is 281 g/mol. The number of aromatic nitrogens is 3. The lowest BCUT2D eigenvalue weighted by Crippen LogP contribution is -2.25. The molecule has 21 heavy (non-hydrogen) atoms. The van der Waals surface area contributed by atoms with Gasteiger partial charge in [0.25, 0.3) is 5.91 Å². The van der Waals surface area contributed by atoms with Gasteiger partial charge >= 0.3 is 0 Å². The molecule has 0 saturated heterocycles. The highest BCUT2D eigenvalue weighted by atomic mass is 16.1. The first-order valence-electron chi connectivity index (χ1n) is 6.59. The molecule has 0 aliphatic rings. The van der Waals surface area contributed by atoms with Crippen molar-refractivity contribution in [2.45, 2.75) is 13.3 Å². The highest BCUT2D eigenvalue weighted by Gasteiger charge is 2.08. The fourth-order valence-corrected chi connectivity index (χ4v) is 1.68. The molecule has 0 aromatic carbocycles. The second-order valence-corrected chi connectivity index (χ2v) is 4.35. The summed E-state index contributed by atoms with van der Waals surface area (Å²) in [6, 6.07) is 5.50. The van der Waals surface area contributed by atoms with Crippen molar-refractivity contribution in [1.82, 2.24) is 19.9 Å². The van der Waals surface area contributed by atoms with Gasteiger partial charge in [-0.05, 0) is 30.2 Å². The number of carbonyl (C=O) groups excluding carboxylic acids is 1. The Morgan fingerprint density at radius 3 is 2.95 bits per heavy atom. The Kier molecular flexibility index (Phi) is 4.83. The van der Waals surface area contributed by atoms with Gasteiger partial charge in [-0.1, -0.05) is 6.92 Å². The second kappa shape index (κ2) is 7.01. The zero-order valence-corrected chi connectivity index (χ0v) is 11.7. The number of hydrogen-bond donors (Lipinski definition) is 1. The minimum atomic E-state index is -0.363. The van der Waals surface area contributed by atoms with E-state index in [2.05, 4.69) is 15.3 Å². The van der Waals surface area contributed by atoms with Crippen molar-refractivity contribution in [2.24, 2.45) is 0 Å². The lowest BCUT2D eigenvalue weighted by atomic mass is 10.1. The smallest absolute Gasteiger partial charge is 0.261 e. The van der Waals surface area contributed by atoms with Gasteiger partial charge < -0.3 is 5.32 Å². The summed E-state index contributed by atoms with van der Waals surface area (Å²) in [6.07, 6.45) is 9.07. The molecule has 0 spiro atoms. The normalized spacial score (nSPS) is 11.0. The van der Waals surface area contributed by atoms with Crippen LogP contribution in [0.4, 0.5) is 0 Å². The van der Waals surface area contributed by atoms with Crippen molar-refractivity contribution in [2.75, 3.05) is 6.54 Å². The van der Waals surface area contributed by atoms with E-state index in [1.807, 2.05) is 13.0 Å². The fraction of sp³-hybridized carbons (Fsp3) is 0.200. The first-order valence-corrected chi connectivity index (χ1v) is 6.59. The Morgan fingerprint density at radius 2 is 2.38 bits per heavy atom. The predicted molar refractivity (Wildman–Crippen MR) is 78.2 cm³/mol. The highest BCUT2D eigenvalue weighted by Crippen LogP contribution is 2.09. The van der Waals surface area contributed by atoms with Crippen LogP contribution in [-0.4, -0.2) is 27.0 Å². The molecule has 1 amide bonds. The molecule has 2 heterocycles. The van der Waals surface area contributed by atoms with Crippen LogP contribution in [0.1, 0.15) is 18.9 Å². The number of amides is 1. The van der Waals surface area contributed by atoms with Crippen LogP contribution in [0, 0.1) is 11.3 Å². The first kappa shape index (κ1) is 14.5. The largest absolute Gasteiger partial charge is 0.351 e. The van der Waals surface area contributed by atoms with Crippen molar-refractivity contribution >= 4 is 12.0 Å². The van der Waals surface area contributed by atoms with Crippen LogP contribution in [0.5, 0.6) is 0 Å². The van der Waals surface area contributed by atoms with Gasteiger partial charge in [-0.15, -0.1) is 0 Å². The highest BCUT2D eigenvalue weighted by molar-refractivity contribution is 6.01. The number of rotatable bonds is 5. The molecular formula is C15H15N5O. The van der Waals surface area contributed by atoms with E-state index >= 15 is 0 Å². The molecule has 0 aliphatic carbocycles. The Morgan fingerprint density at radius 1 is 1.52 bits per heavy atom. The van der Waals surface area contributed by atoms with Crippen molar-refractivity contribution in [3.05, 3.63) is 48.2 Å². The number of nitrogens with zero attached hydrogens (tertiary/aromatic N) is 4. The standard InChI is InChI=1S/C15H15N5O/c1-2-5-18-15(21)13(9-16)8-12-3-4-14(19-10-12)20-7-6-17-11-20/h3-4,6-8,10-11H,2,5H2,1H3,(H,18,21)/b13-8-. The summed E-state index contributed by atoms with van der Waals surface area (Å²) >= 11 is 0. The summed E-state index contributed by atoms with van der Waals surface area (Å²) in [5, 5.41) is 11.7. The molecule has 0 fully saturated rings. The lowest BCUT2D eigenvalue weighted by molar-refractivity contribution is -0.117. The van der Waals surface area contributed by atoms with E-state index in [9.17, 15) is 4.79 Å². The molecule has 0 unspecified atom stereocenters. The van der Waals surface area contributed by atoms with Crippen LogP contribution in [0.15, 0.2) is 42.6 Å². The summed E-state index contributed by atoms with van der Waals surface area (Å²) in [5.41, 5.74) is 0.766. The SMILES string of the molecule is CCCNC(=O)/C(C#N)=C\c1ccc(-n2ccnc2)nc1. The van der Waals surface area contributed by atoms with Gasteiger partial charge in [-0.2, -0.15) is 5.26 Å². The quantitative estimate of drug-likeness (QED) is 0.668. The topological polar surface area (TPSA) is 83.6 Å². The zero-order chi connectivity index (χ0) is 15.1. The third kappa shape index (κ3) is 3.76. The van der Waals surface area contributed by atoms with Gasteiger partial charge in [-0.25, -0.2) is 9.97 Å². The number of imidazole rings is 1. The van der Waals surface area contributed by atoms with Crippen LogP contribution in [0.3, 0.4) is 0 Å². The number of nitriles is 1. The summed E-state index contributed by atoms with van der Waals surface area (Å²) in [4.78, 5) is 20.0. The van der Waals surface area contributed by atoms with Gasteiger partial charge in [0.2, 0.25) is 0 Å². The Labute approximate surface area is 122 Å². The monoisotopic (exact) mass is 281 g/mol. The minimum Gasteiger partial charge on any atom is -0.351 e. The molecular weight excluding hydrogens is 266 g/mol. The van der Waals surface area contributed by atoms with Crippen molar-refractivity contribution < 1.29 is 4.79 Å². The van der Waals surface area contributed by atoms with Crippen LogP contribution in [-0.2, 0) is 4.79 Å². The van der Waals surface area contributed by atoms with Crippen LogP contribution >= 0.6 is 0 Å². The Hall–Kier alpha value is -2.94. The number of carbonyl (C=O) groups is 1. The van der Waals surface area contributed by atoms with Gasteiger partial charge in [-0.3, -0.25) is 9.36 Å². The molecule has 0 aliphatic heterocycles. The van der Waals surface area contributed by atoms with Gasteiger partial charge in [0.15, 0.2) is 0 Å². The van der Waals surface area contributed by atoms with Crippen molar-refractivity contribution in [3.63, 3.8) is 0 Å². The molecule has 0 bridgehead atoms. The van der Waals surface area contributed by atoms with Crippen LogP contribution < -0.4 is 5.32 Å². The summed E-state index contributed by atoms with van der Waals surface area (Å²) in [7, 11) is 0. The predicted octanol–water partition coefficient (Wildman–Crippen LogP) is 1.70. The van der Waals surface area contributed by atoms with E-state index in [-0.39, 0.29) is 11.5 Å². The molecule has 2 aromatic heterocycles. The molecule has 0 atom stereocenters. The summed E-state index contributed by atoms with van der Waals surface area (Å²) in [6.45, 7) is 2.50. The van der Waals surface area contributed by atoms with Crippen LogP contribution in [0.25, 0.3) is 11.9 Å². The van der Waals surface area contributed by atoms with Crippen molar-refractivity contribution in [3.8, 4) is 11.9 Å². The first-order chi connectivity index (χ1) is 10.2. The Balaban J connectivity index is 2.16. The zero-order valence-electron chi connectivity index (χ0n) is 11.7. The van der Waals surface area contributed by atoms with E-state index in [0.29, 0.717) is 12.1 Å². The molecule has 0 radical (unpaired) electrons. The summed E-state index contributed by atoms with van der Waals surface area (Å²) < 4.78 is 1.77. The molecule has 6 nitrogen and oxygen atoms in total. The fourth-order valence-electron chi connectivity index (χ4n) is 1.68. The van der Waals surface area contributed by atoms with E-state index in [1.54, 1.807) is 41.6 Å². The number of hydrogen-bond acceptors (Lipinski definition) is 4. The van der Waals surface area contributed by atoms with Crippen LogP contribution in [0.2, 0.25) is 0 Å². The molecule has 1 N–H and O–H groups in total. The Bertz CT molecular complexity index is 665. The minimum absolute atomic E-state index is 0.0700. The number of nitrogens with one attached hydrogen (secondary N) is 1. The third-order valence-electron chi connectivity index (χ3n) is 2.75. The lowest BCUT2D eigenvalue weighted by Gasteiger charge is -2.03. The average Bonchev–Trinajstić information content (AvgIpc) is 3.05. The van der Waals surface area contributed by atoms with Gasteiger partial charge in [0.1, 0.15) is 23.8 Å². The van der Waals surface area contributed by atoms with Gasteiger partial charge in [0.05, 0.1) is 0 Å². The van der Waals surface area contributed by atoms with Gasteiger partial charge in [0, 0.05) is 25.1 Å². The van der Waals surface area contributed by atoms with E-state index in [0.717, 1.165) is 12.2 Å².